The third-order valence-electron chi connectivity index (χ3n) is 5.36. The van der Waals surface area contributed by atoms with Gasteiger partial charge in [-0.25, -0.2) is 0 Å². The second-order valence-corrected chi connectivity index (χ2v) is 7.46. The summed E-state index contributed by atoms with van der Waals surface area (Å²) in [5.74, 6) is 1.90. The van der Waals surface area contributed by atoms with Gasteiger partial charge in [0.1, 0.15) is 11.9 Å². The van der Waals surface area contributed by atoms with Crippen molar-refractivity contribution in [2.24, 2.45) is 4.99 Å². The first kappa shape index (κ1) is 24.2. The molecule has 7 heteroatoms. The summed E-state index contributed by atoms with van der Waals surface area (Å²) in [6.45, 7) is 5.47. The first-order valence-corrected chi connectivity index (χ1v) is 10.5. The number of piperidine rings is 1. The number of ether oxygens (including phenoxy) is 1. The van der Waals surface area contributed by atoms with E-state index in [0.717, 1.165) is 69.3 Å². The molecule has 0 atom stereocenters. The molecule has 0 unspecified atom stereocenters. The number of hydrogen-bond acceptors (Lipinski definition) is 3. The molecule has 6 nitrogen and oxygen atoms in total. The van der Waals surface area contributed by atoms with Crippen LogP contribution in [0.4, 0.5) is 0 Å². The zero-order valence-corrected chi connectivity index (χ0v) is 20.2. The molecule has 1 aliphatic rings. The molecule has 1 fully saturated rings. The Labute approximate surface area is 196 Å². The Bertz CT molecular complexity index is 846. The summed E-state index contributed by atoms with van der Waals surface area (Å²) in [5.41, 5.74) is 1.09. The fourth-order valence-corrected chi connectivity index (χ4v) is 3.71. The van der Waals surface area contributed by atoms with Gasteiger partial charge in [0.05, 0.1) is 0 Å². The molecular weight excluding hydrogens is 491 g/mol. The van der Waals surface area contributed by atoms with Gasteiger partial charge in [0.15, 0.2) is 5.96 Å². The van der Waals surface area contributed by atoms with E-state index < -0.39 is 0 Å². The maximum Gasteiger partial charge on any atom is 0.250 e. The summed E-state index contributed by atoms with van der Waals surface area (Å²) in [5, 5.41) is 3.47. The minimum Gasteiger partial charge on any atom is -0.490 e. The van der Waals surface area contributed by atoms with Crippen LogP contribution in [0.15, 0.2) is 58.3 Å². The van der Waals surface area contributed by atoms with Crippen molar-refractivity contribution in [3.63, 3.8) is 0 Å². The number of pyridine rings is 1. The number of halogens is 1. The van der Waals surface area contributed by atoms with Gasteiger partial charge in [-0.2, -0.15) is 0 Å². The largest absolute Gasteiger partial charge is 0.490 e. The van der Waals surface area contributed by atoms with Crippen LogP contribution in [0.5, 0.6) is 5.75 Å². The Hall–Kier alpha value is -2.03. The van der Waals surface area contributed by atoms with Gasteiger partial charge in [-0.15, -0.1) is 24.0 Å². The number of nitrogens with one attached hydrogen (secondary N) is 1. The number of guanidine groups is 1. The highest BCUT2D eigenvalue weighted by molar-refractivity contribution is 14.0. The second kappa shape index (κ2) is 12.6. The lowest BCUT2D eigenvalue weighted by molar-refractivity contribution is 0.129. The van der Waals surface area contributed by atoms with Crippen LogP contribution in [0.2, 0.25) is 0 Å². The van der Waals surface area contributed by atoms with E-state index in [9.17, 15) is 4.79 Å². The molecule has 2 heterocycles. The maximum absolute atomic E-state index is 11.9. The number of aryl methyl sites for hydroxylation is 1. The quantitative estimate of drug-likeness (QED) is 0.260. The van der Waals surface area contributed by atoms with Crippen LogP contribution in [0.3, 0.4) is 0 Å². The fourth-order valence-electron chi connectivity index (χ4n) is 3.71. The van der Waals surface area contributed by atoms with Gasteiger partial charge in [-0.1, -0.05) is 24.3 Å². The Morgan fingerprint density at radius 3 is 2.50 bits per heavy atom. The van der Waals surface area contributed by atoms with Gasteiger partial charge in [0, 0.05) is 57.8 Å². The molecule has 1 saturated heterocycles. The molecule has 0 saturated carbocycles. The van der Waals surface area contributed by atoms with Gasteiger partial charge >= 0.3 is 0 Å². The number of rotatable bonds is 7. The summed E-state index contributed by atoms with van der Waals surface area (Å²) < 4.78 is 7.92. The number of nitrogens with zero attached hydrogens (tertiary/aromatic N) is 3. The van der Waals surface area contributed by atoms with Gasteiger partial charge in [0.25, 0.3) is 5.56 Å². The van der Waals surface area contributed by atoms with E-state index in [-0.39, 0.29) is 35.6 Å². The van der Waals surface area contributed by atoms with E-state index in [4.69, 9.17) is 4.74 Å². The van der Waals surface area contributed by atoms with E-state index in [1.807, 2.05) is 61.0 Å². The van der Waals surface area contributed by atoms with Crippen LogP contribution < -0.4 is 15.6 Å². The number of aliphatic imine (C=N–C) groups is 1. The number of para-hydroxylation sites is 1. The molecule has 3 rings (SSSR count). The summed E-state index contributed by atoms with van der Waals surface area (Å²) in [6.07, 6.45) is 4.20. The number of unbranched alkanes of at least 4 members (excludes halogenated alkanes) is 1. The predicted molar refractivity (Wildman–Crippen MR) is 133 cm³/mol. The Kier molecular flexibility index (Phi) is 10.2. The molecule has 0 bridgehead atoms. The average Bonchev–Trinajstić information content (AvgIpc) is 2.74. The molecule has 1 N–H and O–H groups in total. The second-order valence-electron chi connectivity index (χ2n) is 7.46. The lowest BCUT2D eigenvalue weighted by Gasteiger charge is -2.34. The number of likely N-dealkylation sites (tertiary alicyclic amines) is 1. The number of aromatic nitrogens is 1. The monoisotopic (exact) mass is 524 g/mol. The smallest absolute Gasteiger partial charge is 0.250 e. The van der Waals surface area contributed by atoms with E-state index in [2.05, 4.69) is 15.2 Å². The van der Waals surface area contributed by atoms with Crippen LogP contribution in [-0.2, 0) is 6.54 Å². The molecule has 0 spiro atoms. The van der Waals surface area contributed by atoms with Gasteiger partial charge in [-0.3, -0.25) is 9.79 Å². The molecule has 1 aromatic heterocycles. The number of benzene rings is 1. The van der Waals surface area contributed by atoms with Crippen LogP contribution in [0, 0.1) is 6.92 Å². The van der Waals surface area contributed by atoms with Crippen LogP contribution in [0.1, 0.15) is 31.4 Å². The van der Waals surface area contributed by atoms with Crippen molar-refractivity contribution in [1.29, 1.82) is 0 Å². The molecule has 164 valence electrons. The van der Waals surface area contributed by atoms with Gasteiger partial charge in [-0.05, 0) is 38.0 Å². The SMILES string of the molecule is CN=C(NCCCCn1c(C)cccc1=O)N1CCC(Oc2ccccc2)CC1.I. The molecule has 1 aliphatic heterocycles. The lowest BCUT2D eigenvalue weighted by atomic mass is 10.1. The van der Waals surface area contributed by atoms with E-state index in [1.165, 1.54) is 0 Å². The Balaban J connectivity index is 0.00000320. The van der Waals surface area contributed by atoms with E-state index >= 15 is 0 Å². The molecule has 0 radical (unpaired) electrons. The van der Waals surface area contributed by atoms with Crippen molar-refractivity contribution in [1.82, 2.24) is 14.8 Å². The zero-order valence-electron chi connectivity index (χ0n) is 17.9. The van der Waals surface area contributed by atoms with Gasteiger partial charge in [0.2, 0.25) is 0 Å². The summed E-state index contributed by atoms with van der Waals surface area (Å²) in [4.78, 5) is 18.7. The highest BCUT2D eigenvalue weighted by Crippen LogP contribution is 2.18. The van der Waals surface area contributed by atoms with Crippen molar-refractivity contribution in [2.75, 3.05) is 26.7 Å². The van der Waals surface area contributed by atoms with Crippen molar-refractivity contribution < 1.29 is 4.74 Å². The minimum atomic E-state index is 0. The molecule has 1 aromatic carbocycles. The summed E-state index contributed by atoms with van der Waals surface area (Å²) in [7, 11) is 1.84. The highest BCUT2D eigenvalue weighted by Gasteiger charge is 2.22. The standard InChI is InChI=1S/C23H32N4O2.HI/c1-19-9-8-12-22(28)27(19)16-7-6-15-25-23(24-2)26-17-13-21(14-18-26)29-20-10-4-3-5-11-20;/h3-5,8-12,21H,6-7,13-18H2,1-2H3,(H,24,25);1H. The fraction of sp³-hybridized carbons (Fsp3) is 0.478. The minimum absolute atomic E-state index is 0. The molecular formula is C23H33IN4O2. The molecule has 2 aromatic rings. The lowest BCUT2D eigenvalue weighted by Crippen LogP contribution is -2.47. The predicted octanol–water partition coefficient (Wildman–Crippen LogP) is 3.67. The van der Waals surface area contributed by atoms with Crippen molar-refractivity contribution in [2.45, 2.75) is 45.3 Å². The molecule has 30 heavy (non-hydrogen) atoms. The zero-order chi connectivity index (χ0) is 20.5. The highest BCUT2D eigenvalue weighted by atomic mass is 127. The summed E-state index contributed by atoms with van der Waals surface area (Å²) in [6, 6.07) is 15.5. The maximum atomic E-state index is 11.9. The van der Waals surface area contributed by atoms with Crippen molar-refractivity contribution >= 4 is 29.9 Å². The third kappa shape index (κ3) is 7.04. The summed E-state index contributed by atoms with van der Waals surface area (Å²) >= 11 is 0. The van der Waals surface area contributed by atoms with E-state index in [1.54, 1.807) is 6.07 Å². The van der Waals surface area contributed by atoms with Gasteiger partial charge < -0.3 is 19.5 Å². The normalized spacial score (nSPS) is 14.9. The van der Waals surface area contributed by atoms with Crippen LogP contribution >= 0.6 is 24.0 Å². The first-order chi connectivity index (χ1) is 14.2. The third-order valence-corrected chi connectivity index (χ3v) is 5.36. The Morgan fingerprint density at radius 1 is 1.10 bits per heavy atom. The van der Waals surface area contributed by atoms with Crippen molar-refractivity contribution in [3.8, 4) is 5.75 Å². The van der Waals surface area contributed by atoms with Crippen LogP contribution in [0.25, 0.3) is 0 Å². The molecule has 0 amide bonds. The van der Waals surface area contributed by atoms with Crippen molar-refractivity contribution in [3.05, 3.63) is 64.6 Å². The van der Waals surface area contributed by atoms with E-state index in [0.29, 0.717) is 0 Å². The average molecular weight is 524 g/mol. The first-order valence-electron chi connectivity index (χ1n) is 10.5. The topological polar surface area (TPSA) is 58.9 Å². The number of hydrogen-bond donors (Lipinski definition) is 1. The molecule has 0 aliphatic carbocycles. The van der Waals surface area contributed by atoms with Crippen LogP contribution in [-0.4, -0.2) is 48.2 Å². The Morgan fingerprint density at radius 2 is 1.83 bits per heavy atom.